The highest BCUT2D eigenvalue weighted by Crippen LogP contribution is 2.73. The molecule has 136 valence electrons. The van der Waals surface area contributed by atoms with Crippen molar-refractivity contribution in [3.63, 3.8) is 0 Å². The summed E-state index contributed by atoms with van der Waals surface area (Å²) in [6, 6.07) is 8.07. The summed E-state index contributed by atoms with van der Waals surface area (Å²) < 4.78 is 6.00. The van der Waals surface area contributed by atoms with Gasteiger partial charge in [0.1, 0.15) is 0 Å². The third-order valence-corrected chi connectivity index (χ3v) is 10.0. The van der Waals surface area contributed by atoms with Crippen molar-refractivity contribution in [1.29, 1.82) is 0 Å². The minimum atomic E-state index is -1.31. The van der Waals surface area contributed by atoms with Crippen LogP contribution in [0.15, 0.2) is 24.3 Å². The number of halogens is 1. The first-order valence-corrected chi connectivity index (χ1v) is 11.8. The lowest BCUT2D eigenvalue weighted by molar-refractivity contribution is -0.0000223. The molecule has 2 nitrogen and oxygen atoms in total. The molecule has 0 N–H and O–H groups in total. The zero-order chi connectivity index (χ0) is 16.7. The first-order chi connectivity index (χ1) is 11.2. The fourth-order valence-electron chi connectivity index (χ4n) is 3.64. The molecule has 24 heavy (non-hydrogen) atoms. The zero-order valence-electron chi connectivity index (χ0n) is 15.4. The molecule has 0 fully saturated rings. The number of benzene rings is 1. The molecule has 0 saturated heterocycles. The van der Waals surface area contributed by atoms with E-state index in [0.717, 1.165) is 5.56 Å². The SMILES string of the molecule is CCCC[P+](CCCC)(CCCC)C1OC(=O)c2ccccc21.[Br-]. The van der Waals surface area contributed by atoms with Crippen LogP contribution in [-0.4, -0.2) is 24.5 Å². The van der Waals surface area contributed by atoms with Crippen LogP contribution in [0.4, 0.5) is 0 Å². The predicted molar refractivity (Wildman–Crippen MR) is 101 cm³/mol. The maximum absolute atomic E-state index is 12.3. The monoisotopic (exact) mass is 414 g/mol. The van der Waals surface area contributed by atoms with Crippen LogP contribution in [0.2, 0.25) is 0 Å². The fourth-order valence-corrected chi connectivity index (χ4v) is 8.99. The Morgan fingerprint density at radius 3 is 1.92 bits per heavy atom. The summed E-state index contributed by atoms with van der Waals surface area (Å²) in [5.41, 5.74) is 1.99. The van der Waals surface area contributed by atoms with Gasteiger partial charge in [-0.1, -0.05) is 58.2 Å². The summed E-state index contributed by atoms with van der Waals surface area (Å²) >= 11 is 0. The molecule has 1 aliphatic heterocycles. The van der Waals surface area contributed by atoms with Crippen molar-refractivity contribution >= 4 is 13.2 Å². The molecule has 1 unspecified atom stereocenters. The quantitative estimate of drug-likeness (QED) is 0.433. The second-order valence-electron chi connectivity index (χ2n) is 6.79. The van der Waals surface area contributed by atoms with Crippen LogP contribution in [-0.2, 0) is 4.74 Å². The summed E-state index contributed by atoms with van der Waals surface area (Å²) in [5.74, 6) is -0.0321. The van der Waals surface area contributed by atoms with E-state index in [1.54, 1.807) is 0 Å². The Balaban J connectivity index is 0.00000288. The van der Waals surface area contributed by atoms with Crippen molar-refractivity contribution in [3.05, 3.63) is 35.4 Å². The van der Waals surface area contributed by atoms with Gasteiger partial charge in [-0.25, -0.2) is 4.79 Å². The Morgan fingerprint density at radius 1 is 0.917 bits per heavy atom. The van der Waals surface area contributed by atoms with Gasteiger partial charge in [-0.15, -0.1) is 0 Å². The molecule has 0 radical (unpaired) electrons. The van der Waals surface area contributed by atoms with Crippen LogP contribution in [0.5, 0.6) is 0 Å². The van der Waals surface area contributed by atoms with Gasteiger partial charge in [-0.3, -0.25) is 0 Å². The first-order valence-electron chi connectivity index (χ1n) is 9.34. The van der Waals surface area contributed by atoms with Crippen molar-refractivity contribution < 1.29 is 26.5 Å². The van der Waals surface area contributed by atoms with Gasteiger partial charge < -0.3 is 21.7 Å². The fraction of sp³-hybridized carbons (Fsp3) is 0.650. The Labute approximate surface area is 158 Å². The number of hydrogen-bond acceptors (Lipinski definition) is 2. The normalized spacial score (nSPS) is 16.5. The number of ether oxygens (including phenoxy) is 1. The van der Waals surface area contributed by atoms with Crippen LogP contribution in [0.1, 0.15) is 81.1 Å². The number of rotatable bonds is 10. The Hall–Kier alpha value is -0.400. The van der Waals surface area contributed by atoms with E-state index in [1.165, 1.54) is 62.6 Å². The Bertz CT molecular complexity index is 496. The summed E-state index contributed by atoms with van der Waals surface area (Å²) in [6.45, 7) is 6.80. The van der Waals surface area contributed by atoms with E-state index in [4.69, 9.17) is 4.74 Å². The molecular weight excluding hydrogens is 383 g/mol. The largest absolute Gasteiger partial charge is 1.00 e. The van der Waals surface area contributed by atoms with E-state index in [1.807, 2.05) is 12.1 Å². The van der Waals surface area contributed by atoms with Gasteiger partial charge in [0, 0.05) is 5.56 Å². The van der Waals surface area contributed by atoms with E-state index in [0.29, 0.717) is 0 Å². The van der Waals surface area contributed by atoms with E-state index < -0.39 is 7.26 Å². The topological polar surface area (TPSA) is 26.3 Å². The number of esters is 1. The van der Waals surface area contributed by atoms with E-state index in [9.17, 15) is 4.79 Å². The number of hydrogen-bond donors (Lipinski definition) is 0. The number of unbranched alkanes of at least 4 members (excludes halogenated alkanes) is 3. The van der Waals surface area contributed by atoms with Gasteiger partial charge >= 0.3 is 5.97 Å². The van der Waals surface area contributed by atoms with Crippen molar-refractivity contribution in [2.75, 3.05) is 18.5 Å². The number of carbonyl (C=O) groups is 1. The minimum Gasteiger partial charge on any atom is -1.00 e. The molecule has 0 bridgehead atoms. The Morgan fingerprint density at radius 2 is 1.42 bits per heavy atom. The Kier molecular flexibility index (Phi) is 9.52. The van der Waals surface area contributed by atoms with Crippen molar-refractivity contribution in [3.8, 4) is 0 Å². The third kappa shape index (κ3) is 4.82. The molecule has 0 aliphatic carbocycles. The molecule has 2 rings (SSSR count). The zero-order valence-corrected chi connectivity index (χ0v) is 17.9. The van der Waals surface area contributed by atoms with Crippen LogP contribution < -0.4 is 17.0 Å². The molecule has 0 spiro atoms. The summed E-state index contributed by atoms with van der Waals surface area (Å²) in [7, 11) is -1.31. The lowest BCUT2D eigenvalue weighted by Gasteiger charge is -2.32. The van der Waals surface area contributed by atoms with Crippen molar-refractivity contribution in [2.45, 2.75) is 65.1 Å². The van der Waals surface area contributed by atoms with Crippen LogP contribution >= 0.6 is 7.26 Å². The molecule has 0 saturated carbocycles. The smallest absolute Gasteiger partial charge is 0.342 e. The van der Waals surface area contributed by atoms with Crippen LogP contribution in [0.3, 0.4) is 0 Å². The number of fused-ring (bicyclic) bond motifs is 1. The van der Waals surface area contributed by atoms with Gasteiger partial charge in [-0.05, 0) is 25.3 Å². The molecule has 0 aromatic heterocycles. The lowest BCUT2D eigenvalue weighted by Crippen LogP contribution is -3.00. The van der Waals surface area contributed by atoms with E-state index in [2.05, 4.69) is 32.9 Å². The maximum Gasteiger partial charge on any atom is 0.342 e. The lowest BCUT2D eigenvalue weighted by atomic mass is 10.1. The molecule has 4 heteroatoms. The van der Waals surface area contributed by atoms with Crippen LogP contribution in [0, 0.1) is 0 Å². The van der Waals surface area contributed by atoms with Crippen molar-refractivity contribution in [1.82, 2.24) is 0 Å². The second-order valence-corrected chi connectivity index (χ2v) is 11.0. The number of carbonyl (C=O) groups excluding carboxylic acids is 1. The highest BCUT2D eigenvalue weighted by molar-refractivity contribution is 7.76. The molecule has 1 atom stereocenters. The number of cyclic esters (lactones) is 1. The maximum atomic E-state index is 12.3. The van der Waals surface area contributed by atoms with Gasteiger partial charge in [0.15, 0.2) is 0 Å². The van der Waals surface area contributed by atoms with Gasteiger partial charge in [-0.2, -0.15) is 0 Å². The molecule has 1 aromatic rings. The molecule has 1 aromatic carbocycles. The summed E-state index contributed by atoms with van der Waals surface area (Å²) in [4.78, 5) is 12.3. The highest BCUT2D eigenvalue weighted by atomic mass is 79.9. The average Bonchev–Trinajstić information content (AvgIpc) is 2.93. The van der Waals surface area contributed by atoms with E-state index >= 15 is 0 Å². The third-order valence-electron chi connectivity index (χ3n) is 5.03. The van der Waals surface area contributed by atoms with Gasteiger partial charge in [0.25, 0.3) is 0 Å². The highest BCUT2D eigenvalue weighted by Gasteiger charge is 2.51. The van der Waals surface area contributed by atoms with Gasteiger partial charge in [0.2, 0.25) is 5.85 Å². The first kappa shape index (κ1) is 21.6. The molecule has 1 heterocycles. The molecule has 0 amide bonds. The standard InChI is InChI=1S/C20H32O2P.BrH/c1-4-7-14-23(15-8-5-2,16-9-6-3)20-18-13-11-10-12-17(18)19(21)22-20;/h10-13,20H,4-9,14-16H2,1-3H3;1H/q+1;/p-1. The predicted octanol–water partition coefficient (Wildman–Crippen LogP) is 3.28. The second kappa shape index (κ2) is 10.6. The minimum absolute atomic E-state index is 0. The van der Waals surface area contributed by atoms with Crippen LogP contribution in [0.25, 0.3) is 0 Å². The molecular formula is C20H32BrO2P. The summed E-state index contributed by atoms with van der Waals surface area (Å²) in [5, 5.41) is 0. The van der Waals surface area contributed by atoms with Gasteiger partial charge in [0.05, 0.1) is 31.3 Å². The average molecular weight is 415 g/mol. The molecule has 1 aliphatic rings. The summed E-state index contributed by atoms with van der Waals surface area (Å²) in [6.07, 6.45) is 11.3. The van der Waals surface area contributed by atoms with E-state index in [-0.39, 0.29) is 28.8 Å². The van der Waals surface area contributed by atoms with Crippen molar-refractivity contribution in [2.24, 2.45) is 0 Å².